The lowest BCUT2D eigenvalue weighted by atomic mass is 10.1. The molecule has 5 rings (SSSR count). The van der Waals surface area contributed by atoms with Crippen molar-refractivity contribution in [3.63, 3.8) is 0 Å². The molecule has 1 aliphatic rings. The van der Waals surface area contributed by atoms with Gasteiger partial charge in [-0.2, -0.15) is 4.98 Å². The van der Waals surface area contributed by atoms with Gasteiger partial charge in [-0.25, -0.2) is 4.98 Å². The standard InChI is InChI=1S/C23H22ClN5O2/c1-25-16-4-8-18(9-5-16)31-23-26-20-14-19(24)21(27-22(20)28-23)15-2-6-17(7-3-15)29-10-12-30-13-11-29/h2-9,14,25H,10-13H2,1H3,(H,26,27,28). The zero-order valence-electron chi connectivity index (χ0n) is 17.1. The highest BCUT2D eigenvalue weighted by Crippen LogP contribution is 2.31. The van der Waals surface area contributed by atoms with Crippen molar-refractivity contribution in [1.29, 1.82) is 0 Å². The first-order valence-electron chi connectivity index (χ1n) is 10.1. The Labute approximate surface area is 185 Å². The van der Waals surface area contributed by atoms with E-state index < -0.39 is 0 Å². The van der Waals surface area contributed by atoms with Gasteiger partial charge >= 0.3 is 6.01 Å². The van der Waals surface area contributed by atoms with Crippen molar-refractivity contribution in [3.05, 3.63) is 59.6 Å². The average molecular weight is 436 g/mol. The van der Waals surface area contributed by atoms with Gasteiger partial charge < -0.3 is 24.7 Å². The molecule has 0 saturated carbocycles. The van der Waals surface area contributed by atoms with Crippen LogP contribution in [-0.4, -0.2) is 48.3 Å². The number of ether oxygens (including phenoxy) is 2. The maximum absolute atomic E-state index is 6.54. The molecule has 0 atom stereocenters. The molecule has 0 spiro atoms. The fourth-order valence-corrected chi connectivity index (χ4v) is 3.86. The number of pyridine rings is 1. The summed E-state index contributed by atoms with van der Waals surface area (Å²) in [5.74, 6) is 0.683. The number of hydrogen-bond acceptors (Lipinski definition) is 6. The number of nitrogens with one attached hydrogen (secondary N) is 2. The van der Waals surface area contributed by atoms with Crippen molar-refractivity contribution in [1.82, 2.24) is 15.0 Å². The van der Waals surface area contributed by atoms with E-state index in [1.54, 1.807) is 0 Å². The predicted molar refractivity (Wildman–Crippen MR) is 123 cm³/mol. The molecule has 0 unspecified atom stereocenters. The van der Waals surface area contributed by atoms with Crippen LogP contribution in [0.15, 0.2) is 54.6 Å². The third-order valence-electron chi connectivity index (χ3n) is 5.28. The molecule has 3 heterocycles. The summed E-state index contributed by atoms with van der Waals surface area (Å²) in [7, 11) is 1.87. The van der Waals surface area contributed by atoms with Gasteiger partial charge in [0.05, 0.1) is 29.4 Å². The molecule has 8 heteroatoms. The molecule has 1 aliphatic heterocycles. The number of anilines is 2. The first-order chi connectivity index (χ1) is 15.2. The number of aromatic nitrogens is 3. The van der Waals surface area contributed by atoms with Gasteiger partial charge in [0.25, 0.3) is 0 Å². The van der Waals surface area contributed by atoms with Crippen LogP contribution in [0.4, 0.5) is 11.4 Å². The molecule has 0 bridgehead atoms. The Morgan fingerprint density at radius 2 is 1.77 bits per heavy atom. The lowest BCUT2D eigenvalue weighted by Gasteiger charge is -2.28. The summed E-state index contributed by atoms with van der Waals surface area (Å²) in [5.41, 5.74) is 5.09. The largest absolute Gasteiger partial charge is 0.426 e. The van der Waals surface area contributed by atoms with Crippen LogP contribution in [-0.2, 0) is 4.74 Å². The van der Waals surface area contributed by atoms with Crippen LogP contribution in [0.5, 0.6) is 11.8 Å². The van der Waals surface area contributed by atoms with E-state index in [2.05, 4.69) is 37.3 Å². The Bertz CT molecular complexity index is 1190. The fourth-order valence-electron chi connectivity index (χ4n) is 3.60. The molecule has 0 amide bonds. The van der Waals surface area contributed by atoms with E-state index >= 15 is 0 Å². The lowest BCUT2D eigenvalue weighted by Crippen LogP contribution is -2.36. The first-order valence-corrected chi connectivity index (χ1v) is 10.5. The van der Waals surface area contributed by atoms with Gasteiger partial charge in [-0.15, -0.1) is 0 Å². The zero-order chi connectivity index (χ0) is 21.2. The van der Waals surface area contributed by atoms with E-state index in [0.717, 1.165) is 43.1 Å². The highest BCUT2D eigenvalue weighted by Gasteiger charge is 2.14. The molecule has 7 nitrogen and oxygen atoms in total. The summed E-state index contributed by atoms with van der Waals surface area (Å²) in [6.45, 7) is 3.32. The molecule has 2 aromatic carbocycles. The van der Waals surface area contributed by atoms with Crippen LogP contribution in [0.2, 0.25) is 5.02 Å². The third kappa shape index (κ3) is 4.15. The summed E-state index contributed by atoms with van der Waals surface area (Å²) < 4.78 is 11.3. The number of H-pyrrole nitrogens is 1. The van der Waals surface area contributed by atoms with Crippen LogP contribution in [0.3, 0.4) is 0 Å². The van der Waals surface area contributed by atoms with Gasteiger partial charge in [0, 0.05) is 37.1 Å². The summed E-state index contributed by atoms with van der Waals surface area (Å²) >= 11 is 6.54. The number of nitrogens with zero attached hydrogens (tertiary/aromatic N) is 3. The molecule has 2 aromatic heterocycles. The topological polar surface area (TPSA) is 75.3 Å². The molecular weight excluding hydrogens is 414 g/mol. The molecule has 158 valence electrons. The van der Waals surface area contributed by atoms with Crippen molar-refractivity contribution in [2.24, 2.45) is 0 Å². The minimum atomic E-state index is 0.371. The Kier molecular flexibility index (Phi) is 5.36. The maximum atomic E-state index is 6.54. The minimum Gasteiger partial charge on any atom is -0.426 e. The Balaban J connectivity index is 1.39. The number of aromatic amines is 1. The van der Waals surface area contributed by atoms with E-state index in [-0.39, 0.29) is 0 Å². The van der Waals surface area contributed by atoms with Crippen LogP contribution < -0.4 is 15.0 Å². The Morgan fingerprint density at radius 1 is 1.03 bits per heavy atom. The zero-order valence-corrected chi connectivity index (χ0v) is 17.8. The van der Waals surface area contributed by atoms with Crippen LogP contribution in [0, 0.1) is 0 Å². The van der Waals surface area contributed by atoms with Crippen LogP contribution >= 0.6 is 11.6 Å². The van der Waals surface area contributed by atoms with Gasteiger partial charge in [-0.1, -0.05) is 23.7 Å². The number of fused-ring (bicyclic) bond motifs is 1. The maximum Gasteiger partial charge on any atom is 0.301 e. The highest BCUT2D eigenvalue weighted by molar-refractivity contribution is 6.33. The molecule has 0 aliphatic carbocycles. The SMILES string of the molecule is CNc1ccc(Oc2nc3nc(-c4ccc(N5CCOCC5)cc4)c(Cl)cc3[nH]2)cc1. The lowest BCUT2D eigenvalue weighted by molar-refractivity contribution is 0.122. The second-order valence-corrected chi connectivity index (χ2v) is 7.66. The normalized spacial score (nSPS) is 14.1. The molecule has 4 aromatic rings. The summed E-state index contributed by atoms with van der Waals surface area (Å²) in [6.07, 6.45) is 0. The fraction of sp³-hybridized carbons (Fsp3) is 0.217. The number of benzene rings is 2. The number of halogens is 1. The summed E-state index contributed by atoms with van der Waals surface area (Å²) in [5, 5.41) is 3.63. The number of imidazole rings is 1. The monoisotopic (exact) mass is 435 g/mol. The average Bonchev–Trinajstić information content (AvgIpc) is 3.20. The van der Waals surface area contributed by atoms with Crippen molar-refractivity contribution in [3.8, 4) is 23.0 Å². The molecule has 1 fully saturated rings. The molecule has 0 radical (unpaired) electrons. The number of morpholine rings is 1. The van der Waals surface area contributed by atoms with Crippen LogP contribution in [0.25, 0.3) is 22.4 Å². The van der Waals surface area contributed by atoms with E-state index in [0.29, 0.717) is 28.1 Å². The van der Waals surface area contributed by atoms with Crippen molar-refractivity contribution >= 4 is 34.1 Å². The van der Waals surface area contributed by atoms with Crippen molar-refractivity contribution in [2.75, 3.05) is 43.6 Å². The second-order valence-electron chi connectivity index (χ2n) is 7.25. The van der Waals surface area contributed by atoms with Crippen molar-refractivity contribution < 1.29 is 9.47 Å². The Morgan fingerprint density at radius 3 is 2.48 bits per heavy atom. The second kappa shape index (κ2) is 8.45. The Hall–Kier alpha value is -3.29. The van der Waals surface area contributed by atoms with Gasteiger partial charge in [0.15, 0.2) is 5.65 Å². The van der Waals surface area contributed by atoms with E-state index in [1.165, 1.54) is 5.69 Å². The van der Waals surface area contributed by atoms with E-state index in [9.17, 15) is 0 Å². The van der Waals surface area contributed by atoms with E-state index in [1.807, 2.05) is 49.5 Å². The quantitative estimate of drug-likeness (QED) is 0.462. The van der Waals surface area contributed by atoms with Gasteiger partial charge in [0.2, 0.25) is 0 Å². The molecule has 31 heavy (non-hydrogen) atoms. The molecule has 1 saturated heterocycles. The number of rotatable bonds is 5. The highest BCUT2D eigenvalue weighted by atomic mass is 35.5. The third-order valence-corrected chi connectivity index (χ3v) is 5.57. The first kappa shape index (κ1) is 19.7. The van der Waals surface area contributed by atoms with Crippen LogP contribution in [0.1, 0.15) is 0 Å². The molecule has 2 N–H and O–H groups in total. The van der Waals surface area contributed by atoms with E-state index in [4.69, 9.17) is 21.1 Å². The smallest absolute Gasteiger partial charge is 0.301 e. The van der Waals surface area contributed by atoms with Crippen molar-refractivity contribution in [2.45, 2.75) is 0 Å². The summed E-state index contributed by atoms with van der Waals surface area (Å²) in [4.78, 5) is 14.6. The van der Waals surface area contributed by atoms with Gasteiger partial charge in [-0.05, 0) is 42.5 Å². The minimum absolute atomic E-state index is 0.371. The summed E-state index contributed by atoms with van der Waals surface area (Å²) in [6, 6.07) is 18.1. The van der Waals surface area contributed by atoms with Gasteiger partial charge in [0.1, 0.15) is 5.75 Å². The molecular formula is C23H22ClN5O2. The number of hydrogen-bond donors (Lipinski definition) is 2. The predicted octanol–water partition coefficient (Wildman–Crippen LogP) is 4.95. The van der Waals surface area contributed by atoms with Gasteiger partial charge in [-0.3, -0.25) is 0 Å².